The van der Waals surface area contributed by atoms with Crippen LogP contribution in [0.4, 0.5) is 0 Å². The van der Waals surface area contributed by atoms with E-state index in [1.54, 1.807) is 12.0 Å². The number of phenols is 1. The largest absolute Gasteiger partial charge is 0.504 e. The number of likely N-dealkylation sites (tertiary alicyclic amines) is 2. The molecule has 0 radical (unpaired) electrons. The van der Waals surface area contributed by atoms with Crippen LogP contribution in [0.3, 0.4) is 0 Å². The molecule has 2 N–H and O–H groups in total. The number of halogens is 1. The molecule has 3 aliphatic heterocycles. The van der Waals surface area contributed by atoms with Crippen molar-refractivity contribution in [3.05, 3.63) is 104 Å². The number of imide groups is 1. The Hall–Kier alpha value is -3.45. The third kappa shape index (κ3) is 7.43. The van der Waals surface area contributed by atoms with Crippen molar-refractivity contribution in [3.63, 3.8) is 0 Å². The molecule has 2 amide bonds. The number of fused-ring (bicyclic) bond motifs is 3. The molecule has 4 atom stereocenters. The molecule has 0 unspecified atom stereocenters. The van der Waals surface area contributed by atoms with Crippen molar-refractivity contribution in [1.29, 1.82) is 0 Å². The summed E-state index contributed by atoms with van der Waals surface area (Å²) in [7, 11) is 0.537. The second-order valence-corrected chi connectivity index (χ2v) is 15.5. The summed E-state index contributed by atoms with van der Waals surface area (Å²) in [6.45, 7) is 4.69. The van der Waals surface area contributed by atoms with E-state index in [9.17, 15) is 19.7 Å². The van der Waals surface area contributed by atoms with Gasteiger partial charge in [-0.1, -0.05) is 79.2 Å². The minimum atomic E-state index is -1.01. The van der Waals surface area contributed by atoms with Gasteiger partial charge in [-0.2, -0.15) is 0 Å². The van der Waals surface area contributed by atoms with Crippen LogP contribution in [0.2, 0.25) is 6.32 Å². The maximum absolute atomic E-state index is 14.4. The van der Waals surface area contributed by atoms with Crippen LogP contribution in [-0.2, 0) is 20.8 Å². The summed E-state index contributed by atoms with van der Waals surface area (Å²) in [5, 5.41) is 21.6. The lowest BCUT2D eigenvalue weighted by molar-refractivity contribution is -0.144. The molecule has 3 aromatic rings. The van der Waals surface area contributed by atoms with Gasteiger partial charge >= 0.3 is 7.12 Å². The molecule has 0 aromatic heterocycles. The molecule has 51 heavy (non-hydrogen) atoms. The molecule has 3 saturated heterocycles. The number of piperidine rings is 1. The van der Waals surface area contributed by atoms with Gasteiger partial charge in [-0.05, 0) is 113 Å². The fraction of sp³-hybridized carbons (Fsp3) is 0.415. The van der Waals surface area contributed by atoms with E-state index in [0.717, 1.165) is 61.2 Å². The summed E-state index contributed by atoms with van der Waals surface area (Å²) in [6.07, 6.45) is 6.26. The Morgan fingerprint density at radius 1 is 1.02 bits per heavy atom. The first-order chi connectivity index (χ1) is 24.7. The number of benzene rings is 3. The van der Waals surface area contributed by atoms with Crippen LogP contribution in [-0.4, -0.2) is 71.2 Å². The number of carbonyl (C=O) groups is 2. The third-order valence-corrected chi connectivity index (χ3v) is 12.2. The Kier molecular flexibility index (Phi) is 11.0. The second-order valence-electron chi connectivity index (χ2n) is 14.3. The van der Waals surface area contributed by atoms with E-state index in [1.807, 2.05) is 36.4 Å². The van der Waals surface area contributed by atoms with Crippen molar-refractivity contribution in [2.45, 2.75) is 70.5 Å². The van der Waals surface area contributed by atoms with E-state index in [2.05, 4.69) is 76.9 Å². The average Bonchev–Trinajstić information content (AvgIpc) is 3.40. The second kappa shape index (κ2) is 15.7. The van der Waals surface area contributed by atoms with Gasteiger partial charge in [0.15, 0.2) is 11.5 Å². The maximum atomic E-state index is 14.4. The monoisotopic (exact) mass is 800 g/mol. The van der Waals surface area contributed by atoms with E-state index in [-0.39, 0.29) is 41.5 Å². The number of aromatic hydroxyl groups is 1. The van der Waals surface area contributed by atoms with E-state index < -0.39 is 13.0 Å². The van der Waals surface area contributed by atoms with Gasteiger partial charge in [0.25, 0.3) is 0 Å². The predicted octanol–water partition coefficient (Wildman–Crippen LogP) is 7.20. The summed E-state index contributed by atoms with van der Waals surface area (Å²) < 4.78 is 12.4. The number of nitrogens with zero attached hydrogens (tertiary/aromatic N) is 2. The molecule has 266 valence electrons. The number of carbonyl (C=O) groups excluding carboxylic acids is 2. The lowest BCUT2D eigenvalue weighted by Gasteiger charge is -2.43. The van der Waals surface area contributed by atoms with Gasteiger partial charge in [0.1, 0.15) is 0 Å². The number of hydrogen-bond acceptors (Lipinski definition) is 7. The molecule has 4 aliphatic rings. The molecule has 0 spiro atoms. The Bertz CT molecular complexity index is 1810. The Morgan fingerprint density at radius 2 is 1.73 bits per heavy atom. The van der Waals surface area contributed by atoms with Crippen LogP contribution in [0.5, 0.6) is 11.5 Å². The number of phenolic OH excluding ortho intramolecular Hbond substituents is 1. The summed E-state index contributed by atoms with van der Waals surface area (Å²) in [6, 6.07) is 24.3. The van der Waals surface area contributed by atoms with E-state index >= 15 is 0 Å². The molecular formula is C41H46BIN2O6. The summed E-state index contributed by atoms with van der Waals surface area (Å²) >= 11 is 2.11. The van der Waals surface area contributed by atoms with Gasteiger partial charge in [0, 0.05) is 25.7 Å². The molecule has 7 rings (SSSR count). The fourth-order valence-corrected chi connectivity index (χ4v) is 9.56. The molecule has 1 aliphatic carbocycles. The highest BCUT2D eigenvalue weighted by molar-refractivity contribution is 14.1. The van der Waals surface area contributed by atoms with Crippen LogP contribution >= 0.6 is 22.6 Å². The summed E-state index contributed by atoms with van der Waals surface area (Å²) in [5.41, 5.74) is 6.66. The van der Waals surface area contributed by atoms with Crippen LogP contribution in [0.25, 0.3) is 11.6 Å². The maximum Gasteiger partial charge on any atom is 0.455 e. The zero-order valence-electron chi connectivity index (χ0n) is 29.3. The molecule has 3 heterocycles. The van der Waals surface area contributed by atoms with Crippen molar-refractivity contribution in [1.82, 2.24) is 9.80 Å². The van der Waals surface area contributed by atoms with Crippen molar-refractivity contribution in [2.75, 3.05) is 20.2 Å². The zero-order chi connectivity index (χ0) is 35.6. The standard InChI is InChI=1S/C41H46BIN2O6/c1-3-28-23-32-38(41(48)45(40(32)47)31-16-18-44(19-17-31)25-26-10-6-4-7-11-26)33-24-42(49)51-35(37(28)33)15-14-30(29-12-8-5-9-13-29)20-27-21-34(43)39(46)36(22-27)50-2/h4-13,20-22,31-33,35,38,46,49H,3,14-19,23-25H2,1-2H3/b30-20-/t32-,33+,35-,38-/m1/s1. The summed E-state index contributed by atoms with van der Waals surface area (Å²) in [5.74, 6) is -0.602. The van der Waals surface area contributed by atoms with Crippen LogP contribution in [0, 0.1) is 21.3 Å². The number of ether oxygens (including phenoxy) is 1. The smallest absolute Gasteiger partial charge is 0.455 e. The Labute approximate surface area is 314 Å². The number of hydrogen-bond donors (Lipinski definition) is 2. The number of methoxy groups -OCH3 is 1. The molecule has 3 fully saturated rings. The van der Waals surface area contributed by atoms with E-state index in [0.29, 0.717) is 34.9 Å². The highest BCUT2D eigenvalue weighted by Crippen LogP contribution is 2.52. The number of allylic oxidation sites excluding steroid dienone is 2. The minimum absolute atomic E-state index is 0.0257. The predicted molar refractivity (Wildman–Crippen MR) is 208 cm³/mol. The normalized spacial score (nSPS) is 24.6. The van der Waals surface area contributed by atoms with Crippen LogP contribution < -0.4 is 4.74 Å². The number of amides is 2. The minimum Gasteiger partial charge on any atom is -0.504 e. The highest BCUT2D eigenvalue weighted by atomic mass is 127. The zero-order valence-corrected chi connectivity index (χ0v) is 31.5. The van der Waals surface area contributed by atoms with Gasteiger partial charge < -0.3 is 19.5 Å². The van der Waals surface area contributed by atoms with Gasteiger partial charge in [0.2, 0.25) is 11.8 Å². The van der Waals surface area contributed by atoms with Gasteiger partial charge in [0.05, 0.1) is 28.6 Å². The van der Waals surface area contributed by atoms with Crippen molar-refractivity contribution in [3.8, 4) is 11.5 Å². The molecule has 3 aromatic carbocycles. The SMILES string of the molecule is CCC1=C2[C@@H](CC/C(=C/c3cc(I)c(O)c(OC)c3)c3ccccc3)OB(O)C[C@@H]2[C@@H]2C(=O)N(C3CCN(Cc4ccccc4)CC3)C(=O)[C@@H]2C1. The van der Waals surface area contributed by atoms with Crippen LogP contribution in [0.1, 0.15) is 62.1 Å². The molecule has 0 bridgehead atoms. The molecular weight excluding hydrogens is 754 g/mol. The first-order valence-corrected chi connectivity index (χ1v) is 19.3. The first kappa shape index (κ1) is 35.9. The topological polar surface area (TPSA) is 99.5 Å². The van der Waals surface area contributed by atoms with Crippen molar-refractivity contribution < 1.29 is 29.1 Å². The molecule has 0 saturated carbocycles. The first-order valence-electron chi connectivity index (χ1n) is 18.3. The van der Waals surface area contributed by atoms with E-state index in [1.165, 1.54) is 11.1 Å². The lowest BCUT2D eigenvalue weighted by Crippen LogP contribution is -2.48. The summed E-state index contributed by atoms with van der Waals surface area (Å²) in [4.78, 5) is 32.5. The molecule has 8 nitrogen and oxygen atoms in total. The van der Waals surface area contributed by atoms with Crippen molar-refractivity contribution in [2.24, 2.45) is 17.8 Å². The van der Waals surface area contributed by atoms with Crippen molar-refractivity contribution >= 4 is 53.2 Å². The van der Waals surface area contributed by atoms with Gasteiger partial charge in [-0.25, -0.2) is 0 Å². The number of rotatable bonds is 10. The third-order valence-electron chi connectivity index (χ3n) is 11.4. The average molecular weight is 801 g/mol. The van der Waals surface area contributed by atoms with E-state index in [4.69, 9.17) is 9.39 Å². The highest BCUT2D eigenvalue weighted by Gasteiger charge is 2.58. The Balaban J connectivity index is 1.11. The van der Waals surface area contributed by atoms with Crippen LogP contribution in [0.15, 0.2) is 83.9 Å². The van der Waals surface area contributed by atoms with Gasteiger partial charge in [-0.3, -0.25) is 19.4 Å². The lowest BCUT2D eigenvalue weighted by atomic mass is 9.58. The fourth-order valence-electron chi connectivity index (χ4n) is 8.94. The van der Waals surface area contributed by atoms with Gasteiger partial charge in [-0.15, -0.1) is 0 Å². The molecule has 10 heteroatoms. The Morgan fingerprint density at radius 3 is 2.41 bits per heavy atom. The quantitative estimate of drug-likeness (QED) is 0.0737.